The third-order valence-corrected chi connectivity index (χ3v) is 6.85. The molecule has 0 spiro atoms. The van der Waals surface area contributed by atoms with Crippen molar-refractivity contribution in [3.63, 3.8) is 0 Å². The molecule has 0 bridgehead atoms. The fourth-order valence-corrected chi connectivity index (χ4v) is 4.96. The van der Waals surface area contributed by atoms with Crippen molar-refractivity contribution in [1.82, 2.24) is 10.3 Å². The molecule has 27 heavy (non-hydrogen) atoms. The van der Waals surface area contributed by atoms with Crippen LogP contribution in [0.1, 0.15) is 64.2 Å². The zero-order valence-corrected chi connectivity index (χ0v) is 17.8. The Balaban J connectivity index is 1.29. The molecule has 0 atom stereocenters. The van der Waals surface area contributed by atoms with Crippen LogP contribution < -0.4 is 5.32 Å². The number of amides is 1. The highest BCUT2D eigenvalue weighted by molar-refractivity contribution is 8.76. The average molecular weight is 405 g/mol. The van der Waals surface area contributed by atoms with E-state index in [-0.39, 0.29) is 5.91 Å². The van der Waals surface area contributed by atoms with Crippen molar-refractivity contribution in [2.24, 2.45) is 0 Å². The number of pyridine rings is 1. The lowest BCUT2D eigenvalue weighted by Gasteiger charge is -2.05. The lowest BCUT2D eigenvalue weighted by Crippen LogP contribution is -2.24. The van der Waals surface area contributed by atoms with Gasteiger partial charge in [0.05, 0.1) is 0 Å². The molecule has 1 aliphatic carbocycles. The van der Waals surface area contributed by atoms with E-state index in [1.165, 1.54) is 56.3 Å². The molecule has 2 rings (SSSR count). The van der Waals surface area contributed by atoms with Crippen LogP contribution in [0.25, 0.3) is 0 Å². The van der Waals surface area contributed by atoms with E-state index in [4.69, 9.17) is 0 Å². The van der Waals surface area contributed by atoms with E-state index >= 15 is 0 Å². The van der Waals surface area contributed by atoms with Crippen LogP contribution in [0.5, 0.6) is 0 Å². The fourth-order valence-electron chi connectivity index (χ4n) is 2.93. The summed E-state index contributed by atoms with van der Waals surface area (Å²) in [7, 11) is 3.68. The third kappa shape index (κ3) is 11.3. The van der Waals surface area contributed by atoms with Gasteiger partial charge >= 0.3 is 0 Å². The first kappa shape index (κ1) is 22.1. The highest BCUT2D eigenvalue weighted by atomic mass is 33.1. The molecule has 0 aliphatic heterocycles. The van der Waals surface area contributed by atoms with Crippen molar-refractivity contribution in [3.05, 3.63) is 48.2 Å². The van der Waals surface area contributed by atoms with Crippen molar-refractivity contribution in [1.29, 1.82) is 0 Å². The van der Waals surface area contributed by atoms with E-state index in [0.717, 1.165) is 17.9 Å². The van der Waals surface area contributed by atoms with Gasteiger partial charge in [0, 0.05) is 24.9 Å². The van der Waals surface area contributed by atoms with E-state index in [2.05, 4.69) is 34.6 Å². The number of rotatable bonds is 15. The molecule has 0 unspecified atom stereocenters. The number of nitrogens with zero attached hydrogens (tertiary/aromatic N) is 1. The van der Waals surface area contributed by atoms with Gasteiger partial charge in [0.2, 0.25) is 5.91 Å². The molecule has 3 nitrogen and oxygen atoms in total. The van der Waals surface area contributed by atoms with E-state index in [0.29, 0.717) is 13.0 Å². The standard InChI is InChI=1S/C22H32N2OS2/c25-21(24-19-20-13-8-9-14-20)15-7-5-3-1-2-4-6-12-18-26-27-22-16-10-11-17-23-22/h8,10-11,13-14,16-17H,1-7,9,12,15,18-19H2,(H,24,25). The van der Waals surface area contributed by atoms with Crippen molar-refractivity contribution in [3.8, 4) is 0 Å². The minimum Gasteiger partial charge on any atom is -0.352 e. The summed E-state index contributed by atoms with van der Waals surface area (Å²) in [5, 5.41) is 4.11. The number of unbranched alkanes of at least 4 members (excludes halogenated alkanes) is 7. The number of hydrogen-bond acceptors (Lipinski definition) is 4. The molecule has 0 aromatic carbocycles. The van der Waals surface area contributed by atoms with Crippen LogP contribution in [0.3, 0.4) is 0 Å². The van der Waals surface area contributed by atoms with Gasteiger partial charge in [0.1, 0.15) is 5.03 Å². The SMILES string of the molecule is O=C(CCCCCCCCCCSSc1ccccn1)NCC1=CCC=C1. The van der Waals surface area contributed by atoms with Gasteiger partial charge in [-0.3, -0.25) is 4.79 Å². The molecule has 1 aromatic heterocycles. The number of carbonyl (C=O) groups excluding carboxylic acids is 1. The maximum atomic E-state index is 11.8. The Morgan fingerprint density at radius 1 is 1.04 bits per heavy atom. The maximum absolute atomic E-state index is 11.8. The van der Waals surface area contributed by atoms with E-state index in [1.807, 2.05) is 29.1 Å². The summed E-state index contributed by atoms with van der Waals surface area (Å²) < 4.78 is 0. The fraction of sp³-hybridized carbons (Fsp3) is 0.545. The third-order valence-electron chi connectivity index (χ3n) is 4.50. The first-order chi connectivity index (χ1) is 13.3. The van der Waals surface area contributed by atoms with Crippen LogP contribution in [0.15, 0.2) is 53.2 Å². The monoisotopic (exact) mass is 404 g/mol. The molecule has 148 valence electrons. The highest BCUT2D eigenvalue weighted by Gasteiger charge is 2.03. The number of carbonyl (C=O) groups is 1. The van der Waals surface area contributed by atoms with Crippen LogP contribution in [-0.4, -0.2) is 23.2 Å². The summed E-state index contributed by atoms with van der Waals surface area (Å²) in [6, 6.07) is 6.05. The highest BCUT2D eigenvalue weighted by Crippen LogP contribution is 2.29. The van der Waals surface area contributed by atoms with E-state index in [9.17, 15) is 4.79 Å². The zero-order valence-electron chi connectivity index (χ0n) is 16.2. The number of nitrogens with one attached hydrogen (secondary N) is 1. The van der Waals surface area contributed by atoms with Gasteiger partial charge in [0.15, 0.2) is 0 Å². The Morgan fingerprint density at radius 3 is 2.52 bits per heavy atom. The molecule has 0 radical (unpaired) electrons. The van der Waals surface area contributed by atoms with Gasteiger partial charge in [-0.15, -0.1) is 0 Å². The van der Waals surface area contributed by atoms with Crippen molar-refractivity contribution >= 4 is 27.5 Å². The lowest BCUT2D eigenvalue weighted by atomic mass is 10.1. The molecule has 1 N–H and O–H groups in total. The van der Waals surface area contributed by atoms with Gasteiger partial charge in [-0.25, -0.2) is 4.98 Å². The summed E-state index contributed by atoms with van der Waals surface area (Å²) in [5.41, 5.74) is 1.23. The van der Waals surface area contributed by atoms with Gasteiger partial charge in [-0.2, -0.15) is 0 Å². The molecular weight excluding hydrogens is 372 g/mol. The average Bonchev–Trinajstić information content (AvgIpc) is 3.21. The van der Waals surface area contributed by atoms with Gasteiger partial charge in [-0.1, -0.05) is 73.6 Å². The largest absolute Gasteiger partial charge is 0.352 e. The predicted molar refractivity (Wildman–Crippen MR) is 119 cm³/mol. The zero-order chi connectivity index (χ0) is 19.0. The minimum atomic E-state index is 0.192. The molecule has 1 heterocycles. The molecule has 1 aliphatic rings. The Bertz CT molecular complexity index is 587. The summed E-state index contributed by atoms with van der Waals surface area (Å²) in [5.74, 6) is 1.39. The van der Waals surface area contributed by atoms with Crippen molar-refractivity contribution in [2.75, 3.05) is 12.3 Å². The number of aromatic nitrogens is 1. The van der Waals surface area contributed by atoms with Crippen LogP contribution in [0, 0.1) is 0 Å². The molecule has 5 heteroatoms. The Morgan fingerprint density at radius 2 is 1.81 bits per heavy atom. The van der Waals surface area contributed by atoms with Crippen LogP contribution >= 0.6 is 21.6 Å². The minimum absolute atomic E-state index is 0.192. The number of hydrogen-bond donors (Lipinski definition) is 1. The molecule has 1 amide bonds. The molecule has 1 aromatic rings. The Hall–Kier alpha value is -1.20. The summed E-state index contributed by atoms with van der Waals surface area (Å²) in [6.45, 7) is 0.688. The van der Waals surface area contributed by atoms with Crippen molar-refractivity contribution in [2.45, 2.75) is 69.2 Å². The first-order valence-electron chi connectivity index (χ1n) is 10.2. The quantitative estimate of drug-likeness (QED) is 0.274. The molecule has 0 saturated heterocycles. The predicted octanol–water partition coefficient (Wildman–Crippen LogP) is 6.34. The second-order valence-electron chi connectivity index (χ2n) is 6.85. The van der Waals surface area contributed by atoms with Gasteiger partial charge in [0.25, 0.3) is 0 Å². The van der Waals surface area contributed by atoms with E-state index < -0.39 is 0 Å². The summed E-state index contributed by atoms with van der Waals surface area (Å²) in [6.07, 6.45) is 19.9. The topological polar surface area (TPSA) is 42.0 Å². The van der Waals surface area contributed by atoms with Gasteiger partial charge < -0.3 is 5.32 Å². The Labute approximate surface area is 172 Å². The second-order valence-corrected chi connectivity index (χ2v) is 9.28. The van der Waals surface area contributed by atoms with Crippen LogP contribution in [0.4, 0.5) is 0 Å². The Kier molecular flexibility index (Phi) is 12.1. The van der Waals surface area contributed by atoms with Crippen LogP contribution in [-0.2, 0) is 4.79 Å². The molecule has 0 saturated carbocycles. The molecular formula is C22H32N2OS2. The van der Waals surface area contributed by atoms with E-state index in [1.54, 1.807) is 10.8 Å². The lowest BCUT2D eigenvalue weighted by molar-refractivity contribution is -0.121. The van der Waals surface area contributed by atoms with Crippen molar-refractivity contribution < 1.29 is 4.79 Å². The number of allylic oxidation sites excluding steroid dienone is 2. The maximum Gasteiger partial charge on any atom is 0.220 e. The van der Waals surface area contributed by atoms with Crippen LogP contribution in [0.2, 0.25) is 0 Å². The normalized spacial score (nSPS) is 13.0. The smallest absolute Gasteiger partial charge is 0.220 e. The second kappa shape index (κ2) is 14.8. The molecule has 0 fully saturated rings. The van der Waals surface area contributed by atoms with Gasteiger partial charge in [-0.05, 0) is 47.8 Å². The first-order valence-corrected chi connectivity index (χ1v) is 12.5. The summed E-state index contributed by atoms with van der Waals surface area (Å²) >= 11 is 0. The summed E-state index contributed by atoms with van der Waals surface area (Å²) in [4.78, 5) is 16.1.